The lowest BCUT2D eigenvalue weighted by atomic mass is 9.79. The highest BCUT2D eigenvalue weighted by molar-refractivity contribution is 6.62. The predicted octanol–water partition coefficient (Wildman–Crippen LogP) is 2.48. The minimum atomic E-state index is -0.316. The summed E-state index contributed by atoms with van der Waals surface area (Å²) in [6.07, 6.45) is 3.85. The van der Waals surface area contributed by atoms with Gasteiger partial charge in [0.1, 0.15) is 0 Å². The average molecular weight is 284 g/mol. The number of aryl methyl sites for hydroxylation is 1. The van der Waals surface area contributed by atoms with Crippen LogP contribution in [0.4, 0.5) is 0 Å². The van der Waals surface area contributed by atoms with Crippen molar-refractivity contribution in [1.29, 1.82) is 0 Å². The van der Waals surface area contributed by atoms with Gasteiger partial charge in [-0.15, -0.1) is 0 Å². The zero-order valence-electron chi connectivity index (χ0n) is 13.3. The van der Waals surface area contributed by atoms with Gasteiger partial charge >= 0.3 is 7.12 Å². The molecule has 1 aliphatic heterocycles. The number of hydrogen-bond acceptors (Lipinski definition) is 3. The molecule has 2 aromatic rings. The summed E-state index contributed by atoms with van der Waals surface area (Å²) >= 11 is 0. The first-order chi connectivity index (χ1) is 9.78. The largest absolute Gasteiger partial charge is 0.494 e. The third-order valence-corrected chi connectivity index (χ3v) is 4.39. The number of rotatable bonds is 2. The number of nitrogens with zero attached hydrogens (tertiary/aromatic N) is 2. The molecule has 1 aromatic carbocycles. The van der Waals surface area contributed by atoms with Crippen LogP contribution in [-0.2, 0) is 9.31 Å². The van der Waals surface area contributed by atoms with E-state index < -0.39 is 0 Å². The molecule has 0 bridgehead atoms. The van der Waals surface area contributed by atoms with Crippen LogP contribution >= 0.6 is 0 Å². The fraction of sp³-hybridized carbons (Fsp3) is 0.438. The molecule has 0 atom stereocenters. The summed E-state index contributed by atoms with van der Waals surface area (Å²) < 4.78 is 14.0. The molecule has 0 radical (unpaired) electrons. The van der Waals surface area contributed by atoms with E-state index in [9.17, 15) is 0 Å². The molecular formula is C16H21BN2O2. The Morgan fingerprint density at radius 1 is 1.00 bits per heavy atom. The van der Waals surface area contributed by atoms with E-state index >= 15 is 0 Å². The van der Waals surface area contributed by atoms with Gasteiger partial charge in [-0.05, 0) is 57.8 Å². The monoisotopic (exact) mass is 284 g/mol. The fourth-order valence-electron chi connectivity index (χ4n) is 2.32. The maximum Gasteiger partial charge on any atom is 0.494 e. The van der Waals surface area contributed by atoms with E-state index in [0.29, 0.717) is 0 Å². The molecule has 1 saturated heterocycles. The van der Waals surface area contributed by atoms with Crippen LogP contribution in [0, 0.1) is 6.92 Å². The first-order valence-electron chi connectivity index (χ1n) is 7.26. The van der Waals surface area contributed by atoms with Crippen LogP contribution in [0.5, 0.6) is 0 Å². The summed E-state index contributed by atoms with van der Waals surface area (Å²) in [6, 6.07) is 8.14. The Hall–Kier alpha value is -1.59. The van der Waals surface area contributed by atoms with Gasteiger partial charge in [0.2, 0.25) is 0 Å². The Bertz CT molecular complexity index is 631. The normalized spacial score (nSPS) is 20.0. The van der Waals surface area contributed by atoms with Gasteiger partial charge in [0.25, 0.3) is 0 Å². The quantitative estimate of drug-likeness (QED) is 0.795. The highest BCUT2D eigenvalue weighted by Gasteiger charge is 2.51. The van der Waals surface area contributed by atoms with Crippen molar-refractivity contribution in [2.45, 2.75) is 45.8 Å². The van der Waals surface area contributed by atoms with E-state index in [0.717, 1.165) is 16.7 Å². The van der Waals surface area contributed by atoms with Crippen LogP contribution in [0.1, 0.15) is 33.3 Å². The van der Waals surface area contributed by atoms with Gasteiger partial charge in [-0.25, -0.2) is 4.68 Å². The Morgan fingerprint density at radius 3 is 2.05 bits per heavy atom. The zero-order valence-corrected chi connectivity index (χ0v) is 13.3. The van der Waals surface area contributed by atoms with Crippen molar-refractivity contribution in [3.05, 3.63) is 42.2 Å². The third-order valence-electron chi connectivity index (χ3n) is 4.39. The van der Waals surface area contributed by atoms with Crippen LogP contribution in [0.25, 0.3) is 5.69 Å². The fourth-order valence-corrected chi connectivity index (χ4v) is 2.32. The molecule has 0 spiro atoms. The average Bonchev–Trinajstić information content (AvgIpc) is 2.92. The molecular weight excluding hydrogens is 263 g/mol. The lowest BCUT2D eigenvalue weighted by molar-refractivity contribution is 0.00578. The molecule has 21 heavy (non-hydrogen) atoms. The highest BCUT2D eigenvalue weighted by atomic mass is 16.7. The maximum atomic E-state index is 6.06. The van der Waals surface area contributed by atoms with Crippen molar-refractivity contribution in [3.8, 4) is 5.69 Å². The molecule has 2 heterocycles. The van der Waals surface area contributed by atoms with Crippen molar-refractivity contribution in [1.82, 2.24) is 9.78 Å². The molecule has 0 unspecified atom stereocenters. The SMILES string of the molecule is Cc1cnn(-c2ccc(B3OC(C)(C)C(C)(C)O3)cc2)c1. The number of benzene rings is 1. The van der Waals surface area contributed by atoms with Crippen molar-refractivity contribution in [2.75, 3.05) is 0 Å². The van der Waals surface area contributed by atoms with E-state index in [1.165, 1.54) is 0 Å². The van der Waals surface area contributed by atoms with Gasteiger partial charge in [-0.2, -0.15) is 5.10 Å². The van der Waals surface area contributed by atoms with E-state index in [1.54, 1.807) is 0 Å². The van der Waals surface area contributed by atoms with Gasteiger partial charge in [0.05, 0.1) is 23.1 Å². The van der Waals surface area contributed by atoms with Crippen molar-refractivity contribution < 1.29 is 9.31 Å². The van der Waals surface area contributed by atoms with E-state index in [2.05, 4.69) is 32.8 Å². The van der Waals surface area contributed by atoms with Gasteiger partial charge in [-0.1, -0.05) is 12.1 Å². The number of hydrogen-bond donors (Lipinski definition) is 0. The first-order valence-corrected chi connectivity index (χ1v) is 7.26. The second-order valence-corrected chi connectivity index (χ2v) is 6.64. The van der Waals surface area contributed by atoms with E-state index in [-0.39, 0.29) is 18.3 Å². The van der Waals surface area contributed by atoms with Crippen LogP contribution < -0.4 is 5.46 Å². The molecule has 3 rings (SSSR count). The highest BCUT2D eigenvalue weighted by Crippen LogP contribution is 2.36. The molecule has 4 nitrogen and oxygen atoms in total. The van der Waals surface area contributed by atoms with E-state index in [4.69, 9.17) is 9.31 Å². The smallest absolute Gasteiger partial charge is 0.399 e. The third kappa shape index (κ3) is 2.52. The van der Waals surface area contributed by atoms with Crippen LogP contribution in [0.15, 0.2) is 36.7 Å². The molecule has 110 valence electrons. The molecule has 5 heteroatoms. The van der Waals surface area contributed by atoms with Gasteiger partial charge < -0.3 is 9.31 Å². The van der Waals surface area contributed by atoms with E-state index in [1.807, 2.05) is 48.3 Å². The predicted molar refractivity (Wildman–Crippen MR) is 84.0 cm³/mol. The molecule has 1 aromatic heterocycles. The number of aromatic nitrogens is 2. The molecule has 1 fully saturated rings. The van der Waals surface area contributed by atoms with Crippen LogP contribution in [0.2, 0.25) is 0 Å². The van der Waals surface area contributed by atoms with Gasteiger partial charge in [0.15, 0.2) is 0 Å². The Kier molecular flexibility index (Phi) is 3.22. The molecule has 0 N–H and O–H groups in total. The molecule has 0 aliphatic carbocycles. The second kappa shape index (κ2) is 4.72. The van der Waals surface area contributed by atoms with Crippen molar-refractivity contribution in [2.24, 2.45) is 0 Å². The lowest BCUT2D eigenvalue weighted by Gasteiger charge is -2.32. The first kappa shape index (κ1) is 14.4. The van der Waals surface area contributed by atoms with Gasteiger partial charge in [-0.3, -0.25) is 0 Å². The summed E-state index contributed by atoms with van der Waals surface area (Å²) in [5.41, 5.74) is 2.58. The summed E-state index contributed by atoms with van der Waals surface area (Å²) in [4.78, 5) is 0. The van der Waals surface area contributed by atoms with Crippen molar-refractivity contribution >= 4 is 12.6 Å². The summed E-state index contributed by atoms with van der Waals surface area (Å²) in [7, 11) is -0.316. The standard InChI is InChI=1S/C16H21BN2O2/c1-12-10-18-19(11-12)14-8-6-13(7-9-14)17-20-15(2,3)16(4,5)21-17/h6-11H,1-5H3. The Balaban J connectivity index is 1.83. The summed E-state index contributed by atoms with van der Waals surface area (Å²) in [6.45, 7) is 10.3. The topological polar surface area (TPSA) is 36.3 Å². The Labute approximate surface area is 126 Å². The molecule has 0 amide bonds. The second-order valence-electron chi connectivity index (χ2n) is 6.64. The maximum absolute atomic E-state index is 6.06. The lowest BCUT2D eigenvalue weighted by Crippen LogP contribution is -2.41. The molecule has 1 aliphatic rings. The van der Waals surface area contributed by atoms with Crippen LogP contribution in [0.3, 0.4) is 0 Å². The van der Waals surface area contributed by atoms with Gasteiger partial charge in [0, 0.05) is 6.20 Å². The Morgan fingerprint density at radius 2 is 1.57 bits per heavy atom. The molecule has 0 saturated carbocycles. The minimum absolute atomic E-state index is 0.310. The summed E-state index contributed by atoms with van der Waals surface area (Å²) in [5.74, 6) is 0. The minimum Gasteiger partial charge on any atom is -0.399 e. The zero-order chi connectivity index (χ0) is 15.3. The van der Waals surface area contributed by atoms with Crippen molar-refractivity contribution in [3.63, 3.8) is 0 Å². The summed E-state index contributed by atoms with van der Waals surface area (Å²) in [5, 5.41) is 4.31. The van der Waals surface area contributed by atoms with Crippen LogP contribution in [-0.4, -0.2) is 28.1 Å².